The topological polar surface area (TPSA) is 22.1 Å². The second-order valence-corrected chi connectivity index (χ2v) is 8.90. The molecule has 5 rings (SSSR count). The average Bonchev–Trinajstić information content (AvgIpc) is 3.35. The summed E-state index contributed by atoms with van der Waals surface area (Å²) in [5.41, 5.74) is 5.66. The van der Waals surface area contributed by atoms with E-state index in [9.17, 15) is 4.39 Å². The van der Waals surface area contributed by atoms with Gasteiger partial charge < -0.3 is 4.74 Å². The Labute approximate surface area is 194 Å². The van der Waals surface area contributed by atoms with Crippen molar-refractivity contribution < 1.29 is 9.13 Å². The van der Waals surface area contributed by atoms with Crippen LogP contribution in [0.15, 0.2) is 91.5 Å². The fourth-order valence-corrected chi connectivity index (χ4v) is 5.25. The van der Waals surface area contributed by atoms with Crippen molar-refractivity contribution in [2.75, 3.05) is 0 Å². The highest BCUT2D eigenvalue weighted by Gasteiger charge is 2.38. The Bertz CT molecular complexity index is 1280. The zero-order valence-corrected chi connectivity index (χ0v) is 18.8. The van der Waals surface area contributed by atoms with E-state index in [2.05, 4.69) is 54.0 Å². The quantitative estimate of drug-likeness (QED) is 0.279. The van der Waals surface area contributed by atoms with Crippen LogP contribution in [0, 0.1) is 5.82 Å². The maximum absolute atomic E-state index is 13.5. The molecular formula is C30H28FNO. The second kappa shape index (κ2) is 9.19. The molecule has 1 aromatic heterocycles. The molecule has 0 bridgehead atoms. The number of benzene rings is 3. The van der Waals surface area contributed by atoms with Crippen LogP contribution in [-0.4, -0.2) is 4.98 Å². The lowest BCUT2D eigenvalue weighted by atomic mass is 9.71. The molecule has 1 heterocycles. The van der Waals surface area contributed by atoms with Gasteiger partial charge in [-0.1, -0.05) is 61.4 Å². The summed E-state index contributed by atoms with van der Waals surface area (Å²) in [6, 6.07) is 25.8. The van der Waals surface area contributed by atoms with Gasteiger partial charge in [-0.3, -0.25) is 0 Å². The maximum Gasteiger partial charge on any atom is 0.130 e. The Hall–Kier alpha value is -3.46. The minimum Gasteiger partial charge on any atom is -0.487 e. The fourth-order valence-electron chi connectivity index (χ4n) is 5.25. The summed E-state index contributed by atoms with van der Waals surface area (Å²) in [6.07, 6.45) is 7.58. The van der Waals surface area contributed by atoms with Gasteiger partial charge in [0, 0.05) is 10.8 Å². The lowest BCUT2D eigenvalue weighted by molar-refractivity contribution is 0.300. The van der Waals surface area contributed by atoms with Gasteiger partial charge in [0.25, 0.3) is 0 Å². The molecule has 0 atom stereocenters. The summed E-state index contributed by atoms with van der Waals surface area (Å²) in [4.78, 5) is 4.63. The smallest absolute Gasteiger partial charge is 0.130 e. The summed E-state index contributed by atoms with van der Waals surface area (Å²) in [5.74, 6) is 0.598. The Morgan fingerprint density at radius 3 is 2.55 bits per heavy atom. The third kappa shape index (κ3) is 4.28. The molecule has 3 heteroatoms. The largest absolute Gasteiger partial charge is 0.487 e. The van der Waals surface area contributed by atoms with Crippen LogP contribution in [-0.2, 0) is 18.4 Å². The Morgan fingerprint density at radius 1 is 0.939 bits per heavy atom. The van der Waals surface area contributed by atoms with Crippen LogP contribution in [0.2, 0.25) is 0 Å². The molecule has 33 heavy (non-hydrogen) atoms. The summed E-state index contributed by atoms with van der Waals surface area (Å²) in [7, 11) is 0. The van der Waals surface area contributed by atoms with E-state index in [1.807, 2.05) is 24.3 Å². The third-order valence-corrected chi connectivity index (χ3v) is 6.84. The van der Waals surface area contributed by atoms with Crippen molar-refractivity contribution >= 4 is 10.9 Å². The number of pyridine rings is 1. The number of hydrogen-bond acceptors (Lipinski definition) is 2. The normalized spacial score (nSPS) is 14.9. The number of halogens is 1. The maximum atomic E-state index is 13.5. The van der Waals surface area contributed by atoms with Crippen molar-refractivity contribution in [2.24, 2.45) is 0 Å². The molecule has 166 valence electrons. The first-order chi connectivity index (χ1) is 16.2. The minimum absolute atomic E-state index is 0.0181. The van der Waals surface area contributed by atoms with Crippen LogP contribution in [0.4, 0.5) is 4.39 Å². The van der Waals surface area contributed by atoms with E-state index < -0.39 is 0 Å². The predicted octanol–water partition coefficient (Wildman–Crippen LogP) is 7.54. The molecule has 0 radical (unpaired) electrons. The molecule has 0 aliphatic heterocycles. The molecule has 1 saturated carbocycles. The Balaban J connectivity index is 1.47. The molecule has 0 amide bonds. The van der Waals surface area contributed by atoms with E-state index in [1.165, 1.54) is 41.7 Å². The van der Waals surface area contributed by atoms with Gasteiger partial charge in [-0.05, 0) is 72.4 Å². The van der Waals surface area contributed by atoms with E-state index >= 15 is 0 Å². The van der Waals surface area contributed by atoms with Gasteiger partial charge in [-0.2, -0.15) is 0 Å². The molecule has 1 fully saturated rings. The number of nitrogens with zero attached hydrogens (tertiary/aromatic N) is 1. The first kappa shape index (κ1) is 21.4. The van der Waals surface area contributed by atoms with Crippen LogP contribution < -0.4 is 4.74 Å². The SMILES string of the molecule is C=CCc1ccc(OCc2ccc3cc(F)ccc3n2)cc1C1(c2ccccc2)CCCC1. The molecule has 0 N–H and O–H groups in total. The van der Waals surface area contributed by atoms with Gasteiger partial charge in [0.1, 0.15) is 18.2 Å². The molecule has 1 aliphatic rings. The number of aromatic nitrogens is 1. The van der Waals surface area contributed by atoms with E-state index in [4.69, 9.17) is 4.74 Å². The second-order valence-electron chi connectivity index (χ2n) is 8.90. The zero-order valence-electron chi connectivity index (χ0n) is 18.8. The van der Waals surface area contributed by atoms with E-state index in [-0.39, 0.29) is 11.2 Å². The van der Waals surface area contributed by atoms with Gasteiger partial charge >= 0.3 is 0 Å². The number of allylic oxidation sites excluding steroid dienone is 1. The van der Waals surface area contributed by atoms with Gasteiger partial charge in [0.2, 0.25) is 0 Å². The molecule has 2 nitrogen and oxygen atoms in total. The number of ether oxygens (including phenoxy) is 1. The van der Waals surface area contributed by atoms with E-state index in [0.717, 1.165) is 41.6 Å². The predicted molar refractivity (Wildman–Crippen MR) is 132 cm³/mol. The van der Waals surface area contributed by atoms with Crippen LogP contribution >= 0.6 is 0 Å². The van der Waals surface area contributed by atoms with Crippen LogP contribution in [0.5, 0.6) is 5.75 Å². The Kier molecular flexibility index (Phi) is 5.95. The number of hydrogen-bond donors (Lipinski definition) is 0. The molecule has 0 saturated heterocycles. The summed E-state index contributed by atoms with van der Waals surface area (Å²) in [5, 5.41) is 0.792. The monoisotopic (exact) mass is 437 g/mol. The standard InChI is InChI=1S/C30H28FNO/c1-2-8-22-12-15-27(33-21-26-14-11-23-19-25(31)13-16-29(23)32-26)20-28(22)30(17-6-7-18-30)24-9-4-3-5-10-24/h2-5,9-16,19-20H,1,6-8,17-18,21H2. The van der Waals surface area contributed by atoms with Gasteiger partial charge in [-0.15, -0.1) is 6.58 Å². The van der Waals surface area contributed by atoms with Crippen molar-refractivity contribution in [3.63, 3.8) is 0 Å². The first-order valence-corrected chi connectivity index (χ1v) is 11.7. The van der Waals surface area contributed by atoms with E-state index in [1.54, 1.807) is 6.07 Å². The molecule has 0 unspecified atom stereocenters. The molecule has 3 aromatic carbocycles. The summed E-state index contributed by atoms with van der Waals surface area (Å²) in [6.45, 7) is 4.35. The number of fused-ring (bicyclic) bond motifs is 1. The van der Waals surface area contributed by atoms with Gasteiger partial charge in [0.15, 0.2) is 0 Å². The fraction of sp³-hybridized carbons (Fsp3) is 0.233. The minimum atomic E-state index is -0.250. The van der Waals surface area contributed by atoms with Gasteiger partial charge in [0.05, 0.1) is 11.2 Å². The molecule has 0 spiro atoms. The highest BCUT2D eigenvalue weighted by molar-refractivity contribution is 5.78. The summed E-state index contributed by atoms with van der Waals surface area (Å²) >= 11 is 0. The molecule has 1 aliphatic carbocycles. The van der Waals surface area contributed by atoms with Crippen LogP contribution in [0.1, 0.15) is 48.1 Å². The van der Waals surface area contributed by atoms with Crippen molar-refractivity contribution in [3.05, 3.63) is 120 Å². The molecular weight excluding hydrogens is 409 g/mol. The van der Waals surface area contributed by atoms with Crippen molar-refractivity contribution in [1.82, 2.24) is 4.98 Å². The average molecular weight is 438 g/mol. The van der Waals surface area contributed by atoms with Crippen molar-refractivity contribution in [1.29, 1.82) is 0 Å². The van der Waals surface area contributed by atoms with Crippen LogP contribution in [0.25, 0.3) is 10.9 Å². The van der Waals surface area contributed by atoms with Gasteiger partial charge in [-0.25, -0.2) is 9.37 Å². The van der Waals surface area contributed by atoms with Crippen molar-refractivity contribution in [3.8, 4) is 5.75 Å². The highest BCUT2D eigenvalue weighted by atomic mass is 19.1. The summed E-state index contributed by atoms with van der Waals surface area (Å²) < 4.78 is 19.7. The van der Waals surface area contributed by atoms with Crippen molar-refractivity contribution in [2.45, 2.75) is 44.1 Å². The zero-order chi connectivity index (χ0) is 22.7. The highest BCUT2D eigenvalue weighted by Crippen LogP contribution is 2.48. The third-order valence-electron chi connectivity index (χ3n) is 6.84. The lowest BCUT2D eigenvalue weighted by Crippen LogP contribution is -2.25. The molecule has 4 aromatic rings. The lowest BCUT2D eigenvalue weighted by Gasteiger charge is -2.33. The Morgan fingerprint density at radius 2 is 1.76 bits per heavy atom. The number of rotatable bonds is 7. The van der Waals surface area contributed by atoms with E-state index in [0.29, 0.717) is 6.61 Å². The van der Waals surface area contributed by atoms with Crippen LogP contribution in [0.3, 0.4) is 0 Å². The first-order valence-electron chi connectivity index (χ1n) is 11.7.